The van der Waals surface area contributed by atoms with Crippen LogP contribution in [0.1, 0.15) is 13.3 Å². The Labute approximate surface area is 123 Å². The van der Waals surface area contributed by atoms with Crippen molar-refractivity contribution >= 4 is 16.7 Å². The normalized spacial score (nSPS) is 11.0. The number of rotatable bonds is 4. The summed E-state index contributed by atoms with van der Waals surface area (Å²) in [5.74, 6) is 1.67. The van der Waals surface area contributed by atoms with Crippen LogP contribution in [0.5, 0.6) is 5.75 Å². The molecule has 0 aliphatic carbocycles. The Morgan fingerprint density at radius 1 is 1.24 bits per heavy atom. The van der Waals surface area contributed by atoms with Crippen LogP contribution < -0.4 is 10.5 Å². The molecule has 0 radical (unpaired) electrons. The number of hydrogen-bond donors (Lipinski definition) is 1. The molecule has 0 saturated heterocycles. The highest BCUT2D eigenvalue weighted by molar-refractivity contribution is 5.81. The number of anilines is 1. The minimum absolute atomic E-state index is 0.651. The fraction of sp³-hybridized carbons (Fsp3) is 0.250. The summed E-state index contributed by atoms with van der Waals surface area (Å²) in [6, 6.07) is 9.69. The second-order valence-electron chi connectivity index (χ2n) is 4.92. The first kappa shape index (κ1) is 13.4. The first-order valence-corrected chi connectivity index (χ1v) is 6.99. The second kappa shape index (κ2) is 5.44. The molecule has 5 heteroatoms. The molecule has 0 amide bonds. The SMILES string of the molecule is CCCn1c(-c2ccc(N)cn2)nc2cc(OC)ccc21. The fourth-order valence-corrected chi connectivity index (χ4v) is 2.42. The smallest absolute Gasteiger partial charge is 0.159 e. The predicted molar refractivity (Wildman–Crippen MR) is 84.2 cm³/mol. The maximum atomic E-state index is 5.71. The summed E-state index contributed by atoms with van der Waals surface area (Å²) in [5.41, 5.74) is 9.19. The molecular formula is C16H18N4O. The monoisotopic (exact) mass is 282 g/mol. The molecule has 21 heavy (non-hydrogen) atoms. The van der Waals surface area contributed by atoms with E-state index in [2.05, 4.69) is 16.5 Å². The third-order valence-corrected chi connectivity index (χ3v) is 3.42. The van der Waals surface area contributed by atoms with Crippen molar-refractivity contribution in [1.82, 2.24) is 14.5 Å². The van der Waals surface area contributed by atoms with Gasteiger partial charge in [0.25, 0.3) is 0 Å². The number of imidazole rings is 1. The summed E-state index contributed by atoms with van der Waals surface area (Å²) in [6.07, 6.45) is 2.69. The van der Waals surface area contributed by atoms with E-state index >= 15 is 0 Å². The number of ether oxygens (including phenoxy) is 1. The van der Waals surface area contributed by atoms with Gasteiger partial charge in [-0.2, -0.15) is 0 Å². The van der Waals surface area contributed by atoms with Gasteiger partial charge in [-0.05, 0) is 30.7 Å². The minimum Gasteiger partial charge on any atom is -0.497 e. The van der Waals surface area contributed by atoms with Crippen molar-refractivity contribution in [3.8, 4) is 17.3 Å². The van der Waals surface area contributed by atoms with E-state index in [9.17, 15) is 0 Å². The van der Waals surface area contributed by atoms with Crippen LogP contribution in [0, 0.1) is 0 Å². The van der Waals surface area contributed by atoms with Gasteiger partial charge in [0.1, 0.15) is 11.4 Å². The third kappa shape index (κ3) is 2.42. The van der Waals surface area contributed by atoms with E-state index in [0.29, 0.717) is 5.69 Å². The zero-order chi connectivity index (χ0) is 14.8. The van der Waals surface area contributed by atoms with Crippen molar-refractivity contribution in [2.45, 2.75) is 19.9 Å². The predicted octanol–water partition coefficient (Wildman–Crippen LogP) is 3.10. The number of methoxy groups -OCH3 is 1. The lowest BCUT2D eigenvalue weighted by atomic mass is 10.3. The van der Waals surface area contributed by atoms with Crippen LogP contribution in [0.3, 0.4) is 0 Å². The summed E-state index contributed by atoms with van der Waals surface area (Å²) in [6.45, 7) is 3.04. The van der Waals surface area contributed by atoms with Crippen molar-refractivity contribution in [2.24, 2.45) is 0 Å². The van der Waals surface area contributed by atoms with Crippen LogP contribution in [0.4, 0.5) is 5.69 Å². The van der Waals surface area contributed by atoms with E-state index in [0.717, 1.165) is 41.3 Å². The second-order valence-corrected chi connectivity index (χ2v) is 4.92. The molecule has 0 bridgehead atoms. The van der Waals surface area contributed by atoms with E-state index in [1.807, 2.05) is 30.3 Å². The number of benzene rings is 1. The molecular weight excluding hydrogens is 264 g/mol. The maximum absolute atomic E-state index is 5.71. The Kier molecular flexibility index (Phi) is 3.48. The molecule has 0 fully saturated rings. The number of hydrogen-bond acceptors (Lipinski definition) is 4. The molecule has 108 valence electrons. The molecule has 0 aliphatic heterocycles. The molecule has 0 saturated carbocycles. The van der Waals surface area contributed by atoms with Gasteiger partial charge in [-0.1, -0.05) is 6.92 Å². The molecule has 2 heterocycles. The van der Waals surface area contributed by atoms with Gasteiger partial charge in [-0.3, -0.25) is 4.98 Å². The van der Waals surface area contributed by atoms with Crippen LogP contribution in [-0.2, 0) is 6.54 Å². The van der Waals surface area contributed by atoms with Crippen LogP contribution >= 0.6 is 0 Å². The van der Waals surface area contributed by atoms with Gasteiger partial charge >= 0.3 is 0 Å². The first-order chi connectivity index (χ1) is 10.2. The molecule has 2 aromatic heterocycles. The summed E-state index contributed by atoms with van der Waals surface area (Å²) in [4.78, 5) is 9.11. The molecule has 0 atom stereocenters. The Bertz CT molecular complexity index is 762. The van der Waals surface area contributed by atoms with E-state index in [1.54, 1.807) is 13.3 Å². The Morgan fingerprint density at radius 3 is 2.76 bits per heavy atom. The fourth-order valence-electron chi connectivity index (χ4n) is 2.42. The number of nitrogens with zero attached hydrogens (tertiary/aromatic N) is 3. The standard InChI is InChI=1S/C16H18N4O/c1-3-8-20-15-7-5-12(21-2)9-14(15)19-16(20)13-6-4-11(17)10-18-13/h4-7,9-10H,3,8,17H2,1-2H3. The summed E-state index contributed by atoms with van der Waals surface area (Å²) < 4.78 is 7.46. The summed E-state index contributed by atoms with van der Waals surface area (Å²) >= 11 is 0. The molecule has 0 spiro atoms. The summed E-state index contributed by atoms with van der Waals surface area (Å²) in [5, 5.41) is 0. The average molecular weight is 282 g/mol. The van der Waals surface area contributed by atoms with Crippen molar-refractivity contribution < 1.29 is 4.74 Å². The lowest BCUT2D eigenvalue weighted by molar-refractivity contribution is 0.415. The molecule has 5 nitrogen and oxygen atoms in total. The highest BCUT2D eigenvalue weighted by Crippen LogP contribution is 2.27. The maximum Gasteiger partial charge on any atom is 0.159 e. The molecule has 2 N–H and O–H groups in total. The molecule has 3 aromatic rings. The number of nitrogens with two attached hydrogens (primary N) is 1. The van der Waals surface area contributed by atoms with Crippen LogP contribution in [-0.4, -0.2) is 21.6 Å². The van der Waals surface area contributed by atoms with E-state index in [1.165, 1.54) is 0 Å². The van der Waals surface area contributed by atoms with Gasteiger partial charge < -0.3 is 15.0 Å². The largest absolute Gasteiger partial charge is 0.497 e. The zero-order valence-corrected chi connectivity index (χ0v) is 12.2. The van der Waals surface area contributed by atoms with Gasteiger partial charge in [0.05, 0.1) is 30.0 Å². The molecule has 0 unspecified atom stereocenters. The van der Waals surface area contributed by atoms with Crippen LogP contribution in [0.2, 0.25) is 0 Å². The number of fused-ring (bicyclic) bond motifs is 1. The van der Waals surface area contributed by atoms with Gasteiger partial charge in [0.2, 0.25) is 0 Å². The number of pyridine rings is 1. The Morgan fingerprint density at radius 2 is 2.10 bits per heavy atom. The minimum atomic E-state index is 0.651. The van der Waals surface area contributed by atoms with Crippen molar-refractivity contribution in [3.05, 3.63) is 36.5 Å². The number of aryl methyl sites for hydroxylation is 1. The molecule has 1 aromatic carbocycles. The Balaban J connectivity index is 2.20. The van der Waals surface area contributed by atoms with Gasteiger partial charge in [-0.15, -0.1) is 0 Å². The van der Waals surface area contributed by atoms with Gasteiger partial charge in [0, 0.05) is 12.6 Å². The molecule has 0 aliphatic rings. The van der Waals surface area contributed by atoms with Crippen molar-refractivity contribution in [3.63, 3.8) is 0 Å². The summed E-state index contributed by atoms with van der Waals surface area (Å²) in [7, 11) is 1.66. The lowest BCUT2D eigenvalue weighted by Crippen LogP contribution is -2.01. The number of nitrogen functional groups attached to an aromatic ring is 1. The van der Waals surface area contributed by atoms with Crippen molar-refractivity contribution in [2.75, 3.05) is 12.8 Å². The quantitative estimate of drug-likeness (QED) is 0.798. The van der Waals surface area contributed by atoms with Crippen molar-refractivity contribution in [1.29, 1.82) is 0 Å². The molecule has 3 rings (SSSR count). The van der Waals surface area contributed by atoms with E-state index in [4.69, 9.17) is 15.5 Å². The van der Waals surface area contributed by atoms with Crippen LogP contribution in [0.15, 0.2) is 36.5 Å². The van der Waals surface area contributed by atoms with E-state index in [-0.39, 0.29) is 0 Å². The van der Waals surface area contributed by atoms with E-state index < -0.39 is 0 Å². The zero-order valence-electron chi connectivity index (χ0n) is 12.2. The Hall–Kier alpha value is -2.56. The number of aromatic nitrogens is 3. The highest BCUT2D eigenvalue weighted by Gasteiger charge is 2.13. The van der Waals surface area contributed by atoms with Crippen LogP contribution in [0.25, 0.3) is 22.6 Å². The average Bonchev–Trinajstić information content (AvgIpc) is 2.86. The van der Waals surface area contributed by atoms with Gasteiger partial charge in [0.15, 0.2) is 5.82 Å². The van der Waals surface area contributed by atoms with Gasteiger partial charge in [-0.25, -0.2) is 4.98 Å². The third-order valence-electron chi connectivity index (χ3n) is 3.42. The topological polar surface area (TPSA) is 66.0 Å². The highest BCUT2D eigenvalue weighted by atomic mass is 16.5. The first-order valence-electron chi connectivity index (χ1n) is 6.99. The lowest BCUT2D eigenvalue weighted by Gasteiger charge is -2.07.